The molecule has 3 N–H and O–H groups in total. The van der Waals surface area contributed by atoms with Gasteiger partial charge in [-0.15, -0.1) is 0 Å². The van der Waals surface area contributed by atoms with Crippen molar-refractivity contribution in [1.29, 1.82) is 0 Å². The van der Waals surface area contributed by atoms with E-state index in [2.05, 4.69) is 20.9 Å². The lowest BCUT2D eigenvalue weighted by Crippen LogP contribution is -2.36. The first-order chi connectivity index (χ1) is 22.1. The lowest BCUT2D eigenvalue weighted by atomic mass is 9.99. The highest BCUT2D eigenvalue weighted by Gasteiger charge is 2.32. The average Bonchev–Trinajstić information content (AvgIpc) is 3.04. The summed E-state index contributed by atoms with van der Waals surface area (Å²) in [4.78, 5) is 29.0. The molecule has 4 aromatic rings. The Kier molecular flexibility index (Phi) is 10.2. The molecule has 2 amide bonds. The number of nitrogens with zero attached hydrogens (tertiary/aromatic N) is 1. The van der Waals surface area contributed by atoms with Crippen LogP contribution in [-0.2, 0) is 22.2 Å². The third-order valence-corrected chi connectivity index (χ3v) is 7.54. The number of halogens is 4. The monoisotopic (exact) mass is 640 g/mol. The van der Waals surface area contributed by atoms with Gasteiger partial charge in [-0.2, -0.15) is 13.2 Å². The number of aromatic nitrogens is 1. The molecular formula is C33H32F4N4O5. The quantitative estimate of drug-likeness (QED) is 0.147. The molecule has 9 nitrogen and oxygen atoms in total. The molecule has 1 saturated heterocycles. The molecule has 0 bridgehead atoms. The minimum atomic E-state index is -4.54. The zero-order valence-electron chi connectivity index (χ0n) is 24.9. The summed E-state index contributed by atoms with van der Waals surface area (Å²) in [6.45, 7) is 2.25. The van der Waals surface area contributed by atoms with Gasteiger partial charge in [0.05, 0.1) is 24.8 Å². The van der Waals surface area contributed by atoms with Gasteiger partial charge < -0.3 is 30.2 Å². The van der Waals surface area contributed by atoms with Gasteiger partial charge in [0.25, 0.3) is 0 Å². The zero-order chi connectivity index (χ0) is 32.7. The van der Waals surface area contributed by atoms with E-state index in [4.69, 9.17) is 14.2 Å². The number of amides is 2. The molecule has 0 spiro atoms. The number of methoxy groups -OCH3 is 1. The van der Waals surface area contributed by atoms with Crippen LogP contribution in [0.1, 0.15) is 24.0 Å². The van der Waals surface area contributed by atoms with Crippen LogP contribution in [0, 0.1) is 11.7 Å². The number of carbonyl (C=O) groups excluding carboxylic acids is 2. The second-order valence-corrected chi connectivity index (χ2v) is 10.7. The van der Waals surface area contributed by atoms with E-state index in [0.29, 0.717) is 40.7 Å². The Morgan fingerprint density at radius 3 is 2.48 bits per heavy atom. The van der Waals surface area contributed by atoms with Gasteiger partial charge in [0.15, 0.2) is 23.1 Å². The summed E-state index contributed by atoms with van der Waals surface area (Å²) in [7, 11) is 1.52. The first kappa shape index (κ1) is 32.5. The van der Waals surface area contributed by atoms with Gasteiger partial charge in [0.1, 0.15) is 5.75 Å². The number of carbonyl (C=O) groups is 2. The van der Waals surface area contributed by atoms with Crippen molar-refractivity contribution in [2.45, 2.75) is 25.4 Å². The van der Waals surface area contributed by atoms with Crippen molar-refractivity contribution in [2.24, 2.45) is 5.92 Å². The van der Waals surface area contributed by atoms with Crippen molar-refractivity contribution in [1.82, 2.24) is 15.6 Å². The normalized spacial score (nSPS) is 13.7. The third-order valence-electron chi connectivity index (χ3n) is 7.54. The largest absolute Gasteiger partial charge is 0.493 e. The van der Waals surface area contributed by atoms with Gasteiger partial charge >= 0.3 is 18.0 Å². The summed E-state index contributed by atoms with van der Waals surface area (Å²) >= 11 is 0. The number of hydrogen-bond acceptors (Lipinski definition) is 7. The molecule has 0 unspecified atom stereocenters. The van der Waals surface area contributed by atoms with Crippen molar-refractivity contribution in [3.63, 3.8) is 0 Å². The smallest absolute Gasteiger partial charge is 0.416 e. The number of piperidine rings is 1. The second-order valence-electron chi connectivity index (χ2n) is 10.7. The number of anilines is 1. The van der Waals surface area contributed by atoms with E-state index in [0.717, 1.165) is 38.1 Å². The maximum absolute atomic E-state index is 15.1. The zero-order valence-corrected chi connectivity index (χ0v) is 24.9. The molecule has 1 aliphatic rings. The molecule has 1 fully saturated rings. The van der Waals surface area contributed by atoms with Crippen molar-refractivity contribution < 1.29 is 41.4 Å². The molecule has 242 valence electrons. The molecular weight excluding hydrogens is 608 g/mol. The van der Waals surface area contributed by atoms with Gasteiger partial charge in [-0.3, -0.25) is 14.6 Å². The lowest BCUT2D eigenvalue weighted by Gasteiger charge is -2.23. The third kappa shape index (κ3) is 8.02. The Bertz CT molecular complexity index is 1710. The van der Waals surface area contributed by atoms with Gasteiger partial charge in [-0.25, -0.2) is 4.39 Å². The van der Waals surface area contributed by atoms with E-state index in [1.54, 1.807) is 18.2 Å². The Hall–Kier alpha value is -4.91. The van der Waals surface area contributed by atoms with Crippen LogP contribution in [0.3, 0.4) is 0 Å². The molecule has 0 saturated carbocycles. The predicted molar refractivity (Wildman–Crippen MR) is 163 cm³/mol. The molecule has 13 heteroatoms. The van der Waals surface area contributed by atoms with Crippen LogP contribution >= 0.6 is 0 Å². The van der Waals surface area contributed by atoms with Crippen LogP contribution in [-0.4, -0.2) is 50.1 Å². The number of rotatable bonds is 10. The maximum atomic E-state index is 15.1. The van der Waals surface area contributed by atoms with Crippen molar-refractivity contribution >= 4 is 28.4 Å². The summed E-state index contributed by atoms with van der Waals surface area (Å²) in [5, 5.41) is 8.44. The Morgan fingerprint density at radius 1 is 0.957 bits per heavy atom. The number of alkyl halides is 3. The number of nitrogens with one attached hydrogen (secondary N) is 3. The van der Waals surface area contributed by atoms with Crippen LogP contribution in [0.4, 0.5) is 23.2 Å². The SMILES string of the molecule is COc1cc2c(Oc3ccc(NC(=O)C(=O)NCCc4ccccc4C(F)(F)F)cc3F)ccnc2cc1OCC1CCNCC1. The summed E-state index contributed by atoms with van der Waals surface area (Å²) in [5.74, 6) is -1.41. The summed E-state index contributed by atoms with van der Waals surface area (Å²) in [6, 6.07) is 13.6. The highest BCUT2D eigenvalue weighted by molar-refractivity contribution is 6.39. The lowest BCUT2D eigenvalue weighted by molar-refractivity contribution is -0.138. The number of ether oxygens (including phenoxy) is 3. The fraction of sp³-hybridized carbons (Fsp3) is 0.303. The summed E-state index contributed by atoms with van der Waals surface area (Å²) in [6.07, 6.45) is -1.11. The maximum Gasteiger partial charge on any atom is 0.416 e. The number of benzene rings is 3. The number of hydrogen-bond donors (Lipinski definition) is 3. The minimum absolute atomic E-state index is 0.0184. The highest BCUT2D eigenvalue weighted by atomic mass is 19.4. The Morgan fingerprint density at radius 2 is 1.74 bits per heavy atom. The first-order valence-corrected chi connectivity index (χ1v) is 14.6. The predicted octanol–water partition coefficient (Wildman–Crippen LogP) is 5.87. The van der Waals surface area contributed by atoms with Gasteiger partial charge in [-0.05, 0) is 74.2 Å². The van der Waals surface area contributed by atoms with Gasteiger partial charge in [0, 0.05) is 35.9 Å². The average molecular weight is 641 g/mol. The first-order valence-electron chi connectivity index (χ1n) is 14.6. The summed E-state index contributed by atoms with van der Waals surface area (Å²) in [5.41, 5.74) is -0.303. The van der Waals surface area contributed by atoms with Crippen molar-refractivity contribution in [2.75, 3.05) is 38.7 Å². The van der Waals surface area contributed by atoms with Crippen molar-refractivity contribution in [3.05, 3.63) is 83.8 Å². The Labute approximate surface area is 262 Å². The number of pyridine rings is 1. The number of fused-ring (bicyclic) bond motifs is 1. The Balaban J connectivity index is 1.20. The molecule has 1 aliphatic heterocycles. The van der Waals surface area contributed by atoms with Gasteiger partial charge in [-0.1, -0.05) is 18.2 Å². The van der Waals surface area contributed by atoms with Crippen LogP contribution in [0.25, 0.3) is 10.9 Å². The van der Waals surface area contributed by atoms with E-state index in [1.807, 2.05) is 0 Å². The molecule has 5 rings (SSSR count). The van der Waals surface area contributed by atoms with E-state index >= 15 is 4.39 Å². The van der Waals surface area contributed by atoms with E-state index in [1.165, 1.54) is 43.6 Å². The fourth-order valence-corrected chi connectivity index (χ4v) is 5.12. The molecule has 0 aliphatic carbocycles. The van der Waals surface area contributed by atoms with Crippen LogP contribution in [0.5, 0.6) is 23.0 Å². The topological polar surface area (TPSA) is 111 Å². The van der Waals surface area contributed by atoms with Crippen LogP contribution in [0.15, 0.2) is 66.9 Å². The molecule has 0 radical (unpaired) electrons. The van der Waals surface area contributed by atoms with E-state index < -0.39 is 29.4 Å². The molecule has 2 heterocycles. The van der Waals surface area contributed by atoms with E-state index in [9.17, 15) is 22.8 Å². The second kappa shape index (κ2) is 14.5. The van der Waals surface area contributed by atoms with Crippen LogP contribution in [0.2, 0.25) is 0 Å². The molecule has 0 atom stereocenters. The molecule has 1 aromatic heterocycles. The molecule has 3 aromatic carbocycles. The van der Waals surface area contributed by atoms with E-state index in [-0.39, 0.29) is 30.0 Å². The minimum Gasteiger partial charge on any atom is -0.493 e. The van der Waals surface area contributed by atoms with Gasteiger partial charge in [0.2, 0.25) is 0 Å². The fourth-order valence-electron chi connectivity index (χ4n) is 5.12. The summed E-state index contributed by atoms with van der Waals surface area (Å²) < 4.78 is 72.1. The van der Waals surface area contributed by atoms with Crippen LogP contribution < -0.4 is 30.2 Å². The van der Waals surface area contributed by atoms with Crippen molar-refractivity contribution in [3.8, 4) is 23.0 Å². The standard InChI is InChI=1S/C33H32F4N4O5/c1-44-29-17-23-26(18-30(29)45-19-20-8-12-38-13-9-20)39-15-11-27(23)46-28-7-6-22(16-25(28)34)41-32(43)31(42)40-14-10-21-4-2-3-5-24(21)33(35,36)37/h2-7,11,15-18,20,38H,8-10,12-14,19H2,1H3,(H,40,42)(H,41,43). The highest BCUT2D eigenvalue weighted by Crippen LogP contribution is 2.38. The molecule has 46 heavy (non-hydrogen) atoms.